The number of nitrogens with zero attached hydrogens (tertiary/aromatic N) is 1. The minimum absolute atomic E-state index is 0.0684. The number of carbonyl (C=O) groups excluding carboxylic acids is 1. The number of hydrogen-bond acceptors (Lipinski definition) is 3. The number of rotatable bonds is 5. The monoisotopic (exact) mass is 295 g/mol. The molecule has 3 N–H and O–H groups in total. The number of hydrogen-bond donors (Lipinski definition) is 2. The molecule has 3 atom stereocenters. The first-order chi connectivity index (χ1) is 9.92. The molecule has 2 rings (SSSR count). The van der Waals surface area contributed by atoms with E-state index in [2.05, 4.69) is 31.0 Å². The van der Waals surface area contributed by atoms with E-state index in [1.165, 1.54) is 32.4 Å². The molecule has 0 bridgehead atoms. The molecule has 2 aliphatic rings. The summed E-state index contributed by atoms with van der Waals surface area (Å²) in [7, 11) is 0. The number of likely N-dealkylation sites (tertiary alicyclic amines) is 1. The first kappa shape index (κ1) is 16.8. The Labute approximate surface area is 129 Å². The van der Waals surface area contributed by atoms with Gasteiger partial charge in [0.2, 0.25) is 5.91 Å². The number of nitrogens with one attached hydrogen (secondary N) is 1. The second-order valence-corrected chi connectivity index (χ2v) is 7.62. The molecular weight excluding hydrogens is 262 g/mol. The quantitative estimate of drug-likeness (QED) is 0.817. The molecule has 0 radical (unpaired) electrons. The van der Waals surface area contributed by atoms with Crippen LogP contribution in [0.3, 0.4) is 0 Å². The maximum atomic E-state index is 12.6. The fraction of sp³-hybridized carbons (Fsp3) is 0.941. The molecule has 1 saturated carbocycles. The van der Waals surface area contributed by atoms with Crippen molar-refractivity contribution in [1.29, 1.82) is 0 Å². The fourth-order valence-electron chi connectivity index (χ4n) is 4.03. The Morgan fingerprint density at radius 2 is 2.00 bits per heavy atom. The Kier molecular flexibility index (Phi) is 5.67. The molecular formula is C17H33N3O. The summed E-state index contributed by atoms with van der Waals surface area (Å²) in [6, 6.07) is 0.445. The molecule has 2 fully saturated rings. The molecule has 0 aromatic carbocycles. The molecule has 21 heavy (non-hydrogen) atoms. The third kappa shape index (κ3) is 4.19. The molecule has 1 heterocycles. The van der Waals surface area contributed by atoms with Gasteiger partial charge in [-0.15, -0.1) is 0 Å². The van der Waals surface area contributed by atoms with Gasteiger partial charge in [0.25, 0.3) is 0 Å². The molecule has 0 spiro atoms. The summed E-state index contributed by atoms with van der Waals surface area (Å²) in [5.74, 6) is 1.19. The number of amides is 1. The summed E-state index contributed by atoms with van der Waals surface area (Å²) in [6.45, 7) is 9.78. The van der Waals surface area contributed by atoms with Gasteiger partial charge in [0, 0.05) is 12.6 Å². The zero-order valence-electron chi connectivity index (χ0n) is 14.0. The lowest BCUT2D eigenvalue weighted by molar-refractivity contribution is -0.128. The van der Waals surface area contributed by atoms with E-state index in [0.29, 0.717) is 17.9 Å². The minimum atomic E-state index is -0.635. The lowest BCUT2D eigenvalue weighted by atomic mass is 9.76. The van der Waals surface area contributed by atoms with Crippen LogP contribution < -0.4 is 11.1 Å². The lowest BCUT2D eigenvalue weighted by Gasteiger charge is -2.37. The van der Waals surface area contributed by atoms with Crippen molar-refractivity contribution in [1.82, 2.24) is 10.2 Å². The molecule has 3 unspecified atom stereocenters. The second-order valence-electron chi connectivity index (χ2n) is 7.62. The first-order valence-corrected chi connectivity index (χ1v) is 8.73. The van der Waals surface area contributed by atoms with Crippen LogP contribution in [0.15, 0.2) is 0 Å². The van der Waals surface area contributed by atoms with Crippen molar-refractivity contribution in [2.45, 2.75) is 70.9 Å². The molecule has 1 aliphatic carbocycles. The maximum Gasteiger partial charge on any atom is 0.240 e. The molecule has 4 nitrogen and oxygen atoms in total. The maximum absolute atomic E-state index is 12.6. The Balaban J connectivity index is 1.89. The van der Waals surface area contributed by atoms with Gasteiger partial charge in [-0.3, -0.25) is 9.69 Å². The largest absolute Gasteiger partial charge is 0.353 e. The highest BCUT2D eigenvalue weighted by atomic mass is 16.2. The Morgan fingerprint density at radius 1 is 1.33 bits per heavy atom. The molecule has 1 aliphatic heterocycles. The van der Waals surface area contributed by atoms with Gasteiger partial charge in [0.15, 0.2) is 0 Å². The highest BCUT2D eigenvalue weighted by molar-refractivity contribution is 5.86. The summed E-state index contributed by atoms with van der Waals surface area (Å²) in [5, 5.41) is 3.17. The van der Waals surface area contributed by atoms with E-state index in [9.17, 15) is 4.79 Å². The molecule has 0 aromatic heterocycles. The van der Waals surface area contributed by atoms with Crippen LogP contribution in [0.1, 0.15) is 59.3 Å². The highest BCUT2D eigenvalue weighted by Gasteiger charge is 2.38. The summed E-state index contributed by atoms with van der Waals surface area (Å²) in [5.41, 5.74) is 5.75. The Bertz CT molecular complexity index is 352. The van der Waals surface area contributed by atoms with Gasteiger partial charge in [-0.25, -0.2) is 0 Å². The van der Waals surface area contributed by atoms with Crippen LogP contribution in [0.25, 0.3) is 0 Å². The van der Waals surface area contributed by atoms with Gasteiger partial charge < -0.3 is 11.1 Å². The van der Waals surface area contributed by atoms with E-state index in [1.54, 1.807) is 0 Å². The van der Waals surface area contributed by atoms with Crippen molar-refractivity contribution in [2.75, 3.05) is 19.6 Å². The van der Waals surface area contributed by atoms with Gasteiger partial charge in [-0.05, 0) is 50.6 Å². The lowest BCUT2D eigenvalue weighted by Crippen LogP contribution is -2.58. The van der Waals surface area contributed by atoms with E-state index in [0.717, 1.165) is 25.8 Å². The van der Waals surface area contributed by atoms with Crippen molar-refractivity contribution in [3.63, 3.8) is 0 Å². The molecule has 4 heteroatoms. The van der Waals surface area contributed by atoms with Gasteiger partial charge in [-0.2, -0.15) is 0 Å². The SMILES string of the molecule is CC1CCCC(N)(C(=O)NCC(C(C)C)N2CCCC2)C1. The third-order valence-corrected chi connectivity index (χ3v) is 5.34. The summed E-state index contributed by atoms with van der Waals surface area (Å²) < 4.78 is 0. The van der Waals surface area contributed by atoms with Gasteiger partial charge >= 0.3 is 0 Å². The zero-order chi connectivity index (χ0) is 15.5. The van der Waals surface area contributed by atoms with Gasteiger partial charge in [-0.1, -0.05) is 33.6 Å². The van der Waals surface area contributed by atoms with Crippen LogP contribution in [-0.4, -0.2) is 42.0 Å². The normalized spacial score (nSPS) is 32.3. The van der Waals surface area contributed by atoms with Crippen LogP contribution in [0.4, 0.5) is 0 Å². The average Bonchev–Trinajstić information content (AvgIpc) is 2.92. The van der Waals surface area contributed by atoms with Crippen molar-refractivity contribution in [3.8, 4) is 0 Å². The second kappa shape index (κ2) is 7.10. The zero-order valence-corrected chi connectivity index (χ0v) is 14.0. The van der Waals surface area contributed by atoms with E-state index in [-0.39, 0.29) is 5.91 Å². The minimum Gasteiger partial charge on any atom is -0.353 e. The highest BCUT2D eigenvalue weighted by Crippen LogP contribution is 2.30. The molecule has 122 valence electrons. The van der Waals surface area contributed by atoms with Crippen molar-refractivity contribution >= 4 is 5.91 Å². The van der Waals surface area contributed by atoms with Crippen LogP contribution in [0, 0.1) is 11.8 Å². The van der Waals surface area contributed by atoms with Crippen molar-refractivity contribution < 1.29 is 4.79 Å². The van der Waals surface area contributed by atoms with Crippen LogP contribution in [0.5, 0.6) is 0 Å². The predicted molar refractivity (Wildman–Crippen MR) is 87.0 cm³/mol. The van der Waals surface area contributed by atoms with Gasteiger partial charge in [0.05, 0.1) is 5.54 Å². The molecule has 0 aromatic rings. The molecule has 1 saturated heterocycles. The van der Waals surface area contributed by atoms with E-state index in [1.807, 2.05) is 0 Å². The van der Waals surface area contributed by atoms with Crippen LogP contribution in [0.2, 0.25) is 0 Å². The topological polar surface area (TPSA) is 58.4 Å². The molecule has 1 amide bonds. The smallest absolute Gasteiger partial charge is 0.240 e. The van der Waals surface area contributed by atoms with Crippen LogP contribution >= 0.6 is 0 Å². The van der Waals surface area contributed by atoms with Gasteiger partial charge in [0.1, 0.15) is 0 Å². The summed E-state index contributed by atoms with van der Waals surface area (Å²) in [6.07, 6.45) is 6.51. The van der Waals surface area contributed by atoms with Crippen molar-refractivity contribution in [2.24, 2.45) is 17.6 Å². The van der Waals surface area contributed by atoms with E-state index < -0.39 is 5.54 Å². The predicted octanol–water partition coefficient (Wildman–Crippen LogP) is 2.13. The number of carbonyl (C=O) groups is 1. The van der Waals surface area contributed by atoms with Crippen molar-refractivity contribution in [3.05, 3.63) is 0 Å². The van der Waals surface area contributed by atoms with Crippen LogP contribution in [-0.2, 0) is 4.79 Å². The number of nitrogens with two attached hydrogens (primary N) is 1. The average molecular weight is 295 g/mol. The Hall–Kier alpha value is -0.610. The van der Waals surface area contributed by atoms with E-state index in [4.69, 9.17) is 5.73 Å². The van der Waals surface area contributed by atoms with E-state index >= 15 is 0 Å². The summed E-state index contributed by atoms with van der Waals surface area (Å²) >= 11 is 0. The fourth-order valence-corrected chi connectivity index (χ4v) is 4.03. The summed E-state index contributed by atoms with van der Waals surface area (Å²) in [4.78, 5) is 15.1. The standard InChI is InChI=1S/C17H33N3O/c1-13(2)15(20-9-4-5-10-20)12-19-16(21)17(18)8-6-7-14(3)11-17/h13-15H,4-12,18H2,1-3H3,(H,19,21). The third-order valence-electron chi connectivity index (χ3n) is 5.34. The first-order valence-electron chi connectivity index (χ1n) is 8.73. The Morgan fingerprint density at radius 3 is 2.57 bits per heavy atom.